The normalized spacial score (nSPS) is 10.3. The molecule has 0 bridgehead atoms. The first kappa shape index (κ1) is 10.5. The molecule has 1 heterocycles. The van der Waals surface area contributed by atoms with Gasteiger partial charge in [-0.3, -0.25) is 4.79 Å². The number of rotatable bonds is 2. The molecule has 0 amide bonds. The third-order valence-corrected chi connectivity index (χ3v) is 2.86. The SMILES string of the molecule is O=C(c1cc[nH]c1)c1cc(Br)ccc1Cl. The Morgan fingerprint density at radius 1 is 1.33 bits per heavy atom. The molecule has 0 saturated heterocycles. The van der Waals surface area contributed by atoms with Crippen molar-refractivity contribution in [1.82, 2.24) is 4.98 Å². The van der Waals surface area contributed by atoms with E-state index in [0.29, 0.717) is 16.1 Å². The highest BCUT2D eigenvalue weighted by atomic mass is 79.9. The Morgan fingerprint density at radius 2 is 2.13 bits per heavy atom. The molecule has 0 aliphatic heterocycles. The van der Waals surface area contributed by atoms with Crippen LogP contribution in [0.25, 0.3) is 0 Å². The molecule has 0 unspecified atom stereocenters. The van der Waals surface area contributed by atoms with Crippen molar-refractivity contribution in [3.8, 4) is 0 Å². The Kier molecular flexibility index (Phi) is 2.93. The average Bonchev–Trinajstić information content (AvgIpc) is 2.74. The van der Waals surface area contributed by atoms with E-state index in [0.717, 1.165) is 4.47 Å². The summed E-state index contributed by atoms with van der Waals surface area (Å²) >= 11 is 9.27. The van der Waals surface area contributed by atoms with Crippen LogP contribution >= 0.6 is 27.5 Å². The highest BCUT2D eigenvalue weighted by molar-refractivity contribution is 9.10. The van der Waals surface area contributed by atoms with Crippen molar-refractivity contribution in [2.75, 3.05) is 0 Å². The molecule has 0 radical (unpaired) electrons. The quantitative estimate of drug-likeness (QED) is 0.839. The lowest BCUT2D eigenvalue weighted by atomic mass is 10.1. The first-order valence-electron chi connectivity index (χ1n) is 4.31. The number of hydrogen-bond donors (Lipinski definition) is 1. The molecule has 1 aromatic carbocycles. The van der Waals surface area contributed by atoms with Crippen LogP contribution in [0.4, 0.5) is 0 Å². The average molecular weight is 285 g/mol. The number of carbonyl (C=O) groups excluding carboxylic acids is 1. The van der Waals surface area contributed by atoms with Crippen LogP contribution < -0.4 is 0 Å². The maximum Gasteiger partial charge on any atom is 0.196 e. The Labute approximate surface area is 100 Å². The van der Waals surface area contributed by atoms with E-state index in [4.69, 9.17) is 11.6 Å². The Balaban J connectivity index is 2.46. The fourth-order valence-electron chi connectivity index (χ4n) is 1.29. The molecule has 76 valence electrons. The van der Waals surface area contributed by atoms with E-state index in [1.165, 1.54) is 0 Å². The first-order chi connectivity index (χ1) is 7.18. The van der Waals surface area contributed by atoms with Crippen molar-refractivity contribution < 1.29 is 4.79 Å². The van der Waals surface area contributed by atoms with Crippen molar-refractivity contribution in [3.63, 3.8) is 0 Å². The predicted molar refractivity (Wildman–Crippen MR) is 63.4 cm³/mol. The smallest absolute Gasteiger partial charge is 0.196 e. The van der Waals surface area contributed by atoms with E-state index in [2.05, 4.69) is 20.9 Å². The minimum Gasteiger partial charge on any atom is -0.367 e. The van der Waals surface area contributed by atoms with Crippen molar-refractivity contribution in [3.05, 3.63) is 57.3 Å². The number of H-pyrrole nitrogens is 1. The van der Waals surface area contributed by atoms with Crippen LogP contribution in [0.2, 0.25) is 5.02 Å². The second-order valence-electron chi connectivity index (χ2n) is 3.05. The topological polar surface area (TPSA) is 32.9 Å². The predicted octanol–water partition coefficient (Wildman–Crippen LogP) is 3.66. The molecule has 0 aliphatic rings. The van der Waals surface area contributed by atoms with E-state index in [1.54, 1.807) is 36.7 Å². The molecule has 0 fully saturated rings. The van der Waals surface area contributed by atoms with Gasteiger partial charge in [-0.2, -0.15) is 0 Å². The monoisotopic (exact) mass is 283 g/mol. The van der Waals surface area contributed by atoms with Crippen LogP contribution in [0.5, 0.6) is 0 Å². The minimum atomic E-state index is -0.0810. The number of ketones is 1. The number of aromatic amines is 1. The lowest BCUT2D eigenvalue weighted by molar-refractivity contribution is 0.103. The van der Waals surface area contributed by atoms with E-state index >= 15 is 0 Å². The van der Waals surface area contributed by atoms with Crippen molar-refractivity contribution in [2.45, 2.75) is 0 Å². The van der Waals surface area contributed by atoms with Crippen molar-refractivity contribution >= 4 is 33.3 Å². The molecule has 4 heteroatoms. The second-order valence-corrected chi connectivity index (χ2v) is 4.38. The largest absolute Gasteiger partial charge is 0.367 e. The van der Waals surface area contributed by atoms with Gasteiger partial charge in [-0.05, 0) is 24.3 Å². The highest BCUT2D eigenvalue weighted by Crippen LogP contribution is 2.23. The van der Waals surface area contributed by atoms with Gasteiger partial charge in [0, 0.05) is 28.0 Å². The lowest BCUT2D eigenvalue weighted by Gasteiger charge is -2.02. The van der Waals surface area contributed by atoms with Gasteiger partial charge in [0.1, 0.15) is 0 Å². The summed E-state index contributed by atoms with van der Waals surface area (Å²) in [6, 6.07) is 6.94. The van der Waals surface area contributed by atoms with Gasteiger partial charge < -0.3 is 4.98 Å². The summed E-state index contributed by atoms with van der Waals surface area (Å²) in [6.45, 7) is 0. The van der Waals surface area contributed by atoms with Gasteiger partial charge in [0.25, 0.3) is 0 Å². The Morgan fingerprint density at radius 3 is 2.80 bits per heavy atom. The van der Waals surface area contributed by atoms with Crippen LogP contribution in [-0.2, 0) is 0 Å². The van der Waals surface area contributed by atoms with E-state index in [9.17, 15) is 4.79 Å². The lowest BCUT2D eigenvalue weighted by Crippen LogP contribution is -2.00. The first-order valence-corrected chi connectivity index (χ1v) is 5.48. The van der Waals surface area contributed by atoms with E-state index in [1.807, 2.05) is 0 Å². The van der Waals surface area contributed by atoms with Crippen LogP contribution in [-0.4, -0.2) is 10.8 Å². The van der Waals surface area contributed by atoms with Crippen LogP contribution in [0, 0.1) is 0 Å². The number of aromatic nitrogens is 1. The summed E-state index contributed by atoms with van der Waals surface area (Å²) in [6.07, 6.45) is 3.36. The van der Waals surface area contributed by atoms with Gasteiger partial charge in [-0.1, -0.05) is 27.5 Å². The molecule has 1 N–H and O–H groups in total. The summed E-state index contributed by atoms with van der Waals surface area (Å²) in [5.41, 5.74) is 1.11. The van der Waals surface area contributed by atoms with Gasteiger partial charge in [0.05, 0.1) is 5.02 Å². The van der Waals surface area contributed by atoms with Crippen molar-refractivity contribution in [2.24, 2.45) is 0 Å². The molecule has 1 aromatic heterocycles. The zero-order chi connectivity index (χ0) is 10.8. The third kappa shape index (κ3) is 2.13. The molecule has 0 spiro atoms. The molecule has 2 nitrogen and oxygen atoms in total. The molecule has 2 aromatic rings. The van der Waals surface area contributed by atoms with Gasteiger partial charge in [-0.15, -0.1) is 0 Å². The summed E-state index contributed by atoms with van der Waals surface area (Å²) in [7, 11) is 0. The molecular weight excluding hydrogens is 277 g/mol. The number of benzene rings is 1. The molecule has 0 saturated carbocycles. The second kappa shape index (κ2) is 4.21. The van der Waals surface area contributed by atoms with Crippen LogP contribution in [0.3, 0.4) is 0 Å². The molecule has 0 atom stereocenters. The molecule has 0 aliphatic carbocycles. The van der Waals surface area contributed by atoms with Crippen molar-refractivity contribution in [1.29, 1.82) is 0 Å². The summed E-state index contributed by atoms with van der Waals surface area (Å²) in [4.78, 5) is 14.8. The maximum atomic E-state index is 12.0. The molecular formula is C11H7BrClNO. The Hall–Kier alpha value is -1.06. The number of nitrogens with one attached hydrogen (secondary N) is 1. The maximum absolute atomic E-state index is 12.0. The van der Waals surface area contributed by atoms with Gasteiger partial charge in [0.2, 0.25) is 0 Å². The van der Waals surface area contributed by atoms with Crippen LogP contribution in [0.15, 0.2) is 41.1 Å². The highest BCUT2D eigenvalue weighted by Gasteiger charge is 2.13. The third-order valence-electron chi connectivity index (χ3n) is 2.03. The Bertz CT molecular complexity index is 493. The summed E-state index contributed by atoms with van der Waals surface area (Å²) < 4.78 is 0.839. The molecule has 2 rings (SSSR count). The van der Waals surface area contributed by atoms with E-state index < -0.39 is 0 Å². The number of hydrogen-bond acceptors (Lipinski definition) is 1. The van der Waals surface area contributed by atoms with Gasteiger partial charge >= 0.3 is 0 Å². The van der Waals surface area contributed by atoms with Gasteiger partial charge in [-0.25, -0.2) is 0 Å². The fourth-order valence-corrected chi connectivity index (χ4v) is 1.86. The summed E-state index contributed by atoms with van der Waals surface area (Å²) in [5.74, 6) is -0.0810. The summed E-state index contributed by atoms with van der Waals surface area (Å²) in [5, 5.41) is 0.462. The van der Waals surface area contributed by atoms with Crippen LogP contribution in [0.1, 0.15) is 15.9 Å². The minimum absolute atomic E-state index is 0.0810. The zero-order valence-corrected chi connectivity index (χ0v) is 9.97. The zero-order valence-electron chi connectivity index (χ0n) is 7.63. The molecule has 15 heavy (non-hydrogen) atoms. The van der Waals surface area contributed by atoms with E-state index in [-0.39, 0.29) is 5.78 Å². The fraction of sp³-hybridized carbons (Fsp3) is 0. The number of halogens is 2. The number of carbonyl (C=O) groups is 1. The standard InChI is InChI=1S/C11H7BrClNO/c12-8-1-2-10(13)9(5-8)11(15)7-3-4-14-6-7/h1-6,14H. The van der Waals surface area contributed by atoms with Gasteiger partial charge in [0.15, 0.2) is 5.78 Å².